The van der Waals surface area contributed by atoms with Gasteiger partial charge in [-0.1, -0.05) is 24.3 Å². The van der Waals surface area contributed by atoms with Gasteiger partial charge in [-0.3, -0.25) is 20.6 Å². The number of rotatable bonds is 6. The SMILES string of the molecule is CC(C)(C)OC(=O)Nc1ccccc1N=Cc1ccc(O)c(C=Nc2ccccc2NC(=O)OC(C)(C)C)c1O. The van der Waals surface area contributed by atoms with Crippen LogP contribution in [0.1, 0.15) is 52.7 Å². The van der Waals surface area contributed by atoms with Gasteiger partial charge in [-0.25, -0.2) is 9.59 Å². The molecule has 40 heavy (non-hydrogen) atoms. The zero-order valence-electron chi connectivity index (χ0n) is 23.4. The quantitative estimate of drug-likeness (QED) is 0.239. The summed E-state index contributed by atoms with van der Waals surface area (Å²) in [6.45, 7) is 10.6. The second kappa shape index (κ2) is 12.3. The van der Waals surface area contributed by atoms with Crippen molar-refractivity contribution in [3.05, 3.63) is 71.8 Å². The lowest BCUT2D eigenvalue weighted by Crippen LogP contribution is -2.27. The number of carbonyl (C=O) groups excluding carboxylic acids is 2. The highest BCUT2D eigenvalue weighted by atomic mass is 16.6. The molecule has 3 aromatic carbocycles. The summed E-state index contributed by atoms with van der Waals surface area (Å²) in [5.74, 6) is -0.467. The number of phenols is 2. The highest BCUT2D eigenvalue weighted by Gasteiger charge is 2.18. The van der Waals surface area contributed by atoms with Crippen molar-refractivity contribution in [2.75, 3.05) is 10.6 Å². The lowest BCUT2D eigenvalue weighted by molar-refractivity contribution is 0.0624. The van der Waals surface area contributed by atoms with Gasteiger partial charge in [-0.2, -0.15) is 0 Å². The number of para-hydroxylation sites is 4. The standard InChI is InChI=1S/C30H34N4O6/c1-29(2,3)39-27(37)33-23-13-9-7-11-21(23)31-17-19-15-16-25(35)20(26(19)36)18-32-22-12-8-10-14-24(22)34-28(38)40-30(4,5)6/h7-18,35-36H,1-6H3,(H,33,37)(H,34,38). The first-order chi connectivity index (χ1) is 18.7. The summed E-state index contributed by atoms with van der Waals surface area (Å²) in [4.78, 5) is 33.2. The van der Waals surface area contributed by atoms with Crippen molar-refractivity contribution in [1.29, 1.82) is 0 Å². The van der Waals surface area contributed by atoms with Gasteiger partial charge >= 0.3 is 12.2 Å². The van der Waals surface area contributed by atoms with Crippen LogP contribution in [0.4, 0.5) is 32.3 Å². The summed E-state index contributed by atoms with van der Waals surface area (Å²) >= 11 is 0. The molecular weight excluding hydrogens is 512 g/mol. The minimum Gasteiger partial charge on any atom is -0.507 e. The molecule has 10 heteroatoms. The number of aliphatic imine (C=N–C) groups is 2. The van der Waals surface area contributed by atoms with E-state index in [1.165, 1.54) is 24.6 Å². The van der Waals surface area contributed by atoms with E-state index >= 15 is 0 Å². The zero-order valence-corrected chi connectivity index (χ0v) is 23.4. The Morgan fingerprint density at radius 3 is 1.62 bits per heavy atom. The predicted octanol–water partition coefficient (Wildman–Crippen LogP) is 7.29. The summed E-state index contributed by atoms with van der Waals surface area (Å²) in [5.41, 5.74) is 0.633. The number of amides is 2. The topological polar surface area (TPSA) is 142 Å². The Bertz CT molecular complexity index is 1430. The number of carbonyl (C=O) groups is 2. The Labute approximate surface area is 233 Å². The van der Waals surface area contributed by atoms with Crippen molar-refractivity contribution < 1.29 is 29.3 Å². The number of phenolic OH excluding ortho intramolecular Hbond substituents is 2. The molecule has 0 aliphatic heterocycles. The Hall–Kier alpha value is -4.86. The third-order valence-electron chi connectivity index (χ3n) is 4.98. The Morgan fingerprint density at radius 2 is 1.15 bits per heavy atom. The maximum atomic E-state index is 12.2. The van der Waals surface area contributed by atoms with Crippen molar-refractivity contribution in [2.24, 2.45) is 9.98 Å². The molecule has 210 valence electrons. The van der Waals surface area contributed by atoms with Gasteiger partial charge in [0.25, 0.3) is 0 Å². The Balaban J connectivity index is 1.85. The van der Waals surface area contributed by atoms with Crippen molar-refractivity contribution in [3.8, 4) is 11.5 Å². The lowest BCUT2D eigenvalue weighted by Gasteiger charge is -2.20. The van der Waals surface area contributed by atoms with Crippen LogP contribution in [-0.4, -0.2) is 46.0 Å². The van der Waals surface area contributed by atoms with Crippen LogP contribution in [0.3, 0.4) is 0 Å². The average molecular weight is 547 g/mol. The van der Waals surface area contributed by atoms with E-state index in [1.807, 2.05) is 0 Å². The second-order valence-corrected chi connectivity index (χ2v) is 10.7. The third-order valence-corrected chi connectivity index (χ3v) is 4.98. The van der Waals surface area contributed by atoms with Crippen molar-refractivity contribution in [2.45, 2.75) is 52.7 Å². The molecule has 0 fully saturated rings. The molecule has 0 unspecified atom stereocenters. The van der Waals surface area contributed by atoms with Crippen LogP contribution >= 0.6 is 0 Å². The lowest BCUT2D eigenvalue weighted by atomic mass is 10.1. The number of ether oxygens (including phenoxy) is 2. The van der Waals surface area contributed by atoms with E-state index in [0.717, 1.165) is 0 Å². The van der Waals surface area contributed by atoms with Crippen LogP contribution in [-0.2, 0) is 9.47 Å². The molecule has 0 bridgehead atoms. The number of aromatic hydroxyl groups is 2. The van der Waals surface area contributed by atoms with Crippen LogP contribution < -0.4 is 10.6 Å². The third kappa shape index (κ3) is 8.87. The van der Waals surface area contributed by atoms with Crippen LogP contribution in [0.2, 0.25) is 0 Å². The molecule has 0 heterocycles. The van der Waals surface area contributed by atoms with Gasteiger partial charge in [-0.05, 0) is 77.9 Å². The summed E-state index contributed by atoms with van der Waals surface area (Å²) in [6.07, 6.45) is 1.43. The van der Waals surface area contributed by atoms with Gasteiger partial charge in [0.05, 0.1) is 28.3 Å². The van der Waals surface area contributed by atoms with E-state index in [9.17, 15) is 19.8 Å². The number of benzene rings is 3. The van der Waals surface area contributed by atoms with Gasteiger partial charge in [0, 0.05) is 18.0 Å². The van der Waals surface area contributed by atoms with Crippen LogP contribution in [0.15, 0.2) is 70.6 Å². The number of hydrogen-bond donors (Lipinski definition) is 4. The molecule has 0 atom stereocenters. The second-order valence-electron chi connectivity index (χ2n) is 10.7. The fourth-order valence-electron chi connectivity index (χ4n) is 3.33. The number of nitrogens with zero attached hydrogens (tertiary/aromatic N) is 2. The highest BCUT2D eigenvalue weighted by molar-refractivity contribution is 5.98. The molecular formula is C30H34N4O6. The zero-order chi connectivity index (χ0) is 29.5. The van der Waals surface area contributed by atoms with E-state index in [2.05, 4.69) is 20.6 Å². The molecule has 3 rings (SSSR count). The van der Waals surface area contributed by atoms with Crippen molar-refractivity contribution >= 4 is 47.4 Å². The molecule has 0 saturated carbocycles. The van der Waals surface area contributed by atoms with E-state index in [1.54, 1.807) is 90.1 Å². The molecule has 0 aliphatic carbocycles. The fourth-order valence-corrected chi connectivity index (χ4v) is 3.33. The minimum absolute atomic E-state index is 0.0520. The molecule has 0 aromatic heterocycles. The van der Waals surface area contributed by atoms with E-state index in [-0.39, 0.29) is 17.1 Å². The largest absolute Gasteiger partial charge is 0.507 e. The molecule has 0 radical (unpaired) electrons. The van der Waals surface area contributed by atoms with Crippen LogP contribution in [0.5, 0.6) is 11.5 Å². The van der Waals surface area contributed by atoms with Gasteiger partial charge in [0.2, 0.25) is 0 Å². The smallest absolute Gasteiger partial charge is 0.412 e. The fraction of sp³-hybridized carbons (Fsp3) is 0.267. The first kappa shape index (κ1) is 29.7. The average Bonchev–Trinajstić information content (AvgIpc) is 2.83. The summed E-state index contributed by atoms with van der Waals surface area (Å²) < 4.78 is 10.6. The highest BCUT2D eigenvalue weighted by Crippen LogP contribution is 2.32. The van der Waals surface area contributed by atoms with Crippen LogP contribution in [0, 0.1) is 0 Å². The van der Waals surface area contributed by atoms with E-state index in [4.69, 9.17) is 9.47 Å². The van der Waals surface area contributed by atoms with E-state index < -0.39 is 23.4 Å². The molecule has 0 spiro atoms. The molecule has 0 saturated heterocycles. The number of nitrogens with one attached hydrogen (secondary N) is 2. The summed E-state index contributed by atoms with van der Waals surface area (Å²) in [7, 11) is 0. The normalized spacial score (nSPS) is 11.9. The van der Waals surface area contributed by atoms with Gasteiger partial charge in [-0.15, -0.1) is 0 Å². The molecule has 0 aliphatic rings. The minimum atomic E-state index is -0.672. The van der Waals surface area contributed by atoms with Gasteiger partial charge < -0.3 is 19.7 Å². The molecule has 2 amide bonds. The Morgan fingerprint density at radius 1 is 0.700 bits per heavy atom. The monoisotopic (exact) mass is 546 g/mol. The van der Waals surface area contributed by atoms with Gasteiger partial charge in [0.1, 0.15) is 22.7 Å². The maximum absolute atomic E-state index is 12.2. The molecule has 10 nitrogen and oxygen atoms in total. The van der Waals surface area contributed by atoms with Gasteiger partial charge in [0.15, 0.2) is 0 Å². The predicted molar refractivity (Wildman–Crippen MR) is 157 cm³/mol. The summed E-state index contributed by atoms with van der Waals surface area (Å²) in [6, 6.07) is 16.5. The van der Waals surface area contributed by atoms with Crippen LogP contribution in [0.25, 0.3) is 0 Å². The number of anilines is 2. The summed E-state index contributed by atoms with van der Waals surface area (Å²) in [5, 5.41) is 26.6. The number of hydrogen-bond acceptors (Lipinski definition) is 8. The molecule has 4 N–H and O–H groups in total. The first-order valence-corrected chi connectivity index (χ1v) is 12.5. The van der Waals surface area contributed by atoms with Crippen molar-refractivity contribution in [3.63, 3.8) is 0 Å². The first-order valence-electron chi connectivity index (χ1n) is 12.5. The van der Waals surface area contributed by atoms with Crippen molar-refractivity contribution in [1.82, 2.24) is 0 Å². The maximum Gasteiger partial charge on any atom is 0.412 e. The molecule has 3 aromatic rings. The Kier molecular flexibility index (Phi) is 9.15. The van der Waals surface area contributed by atoms with E-state index in [0.29, 0.717) is 28.3 Å².